The number of carbonyl (C=O) groups is 2. The van der Waals surface area contributed by atoms with Gasteiger partial charge in [0.05, 0.1) is 0 Å². The van der Waals surface area contributed by atoms with Gasteiger partial charge in [-0.1, -0.05) is 35.9 Å². The minimum Gasteiger partial charge on any atom is -0.483 e. The van der Waals surface area contributed by atoms with Crippen LogP contribution in [0, 0.1) is 27.7 Å². The smallest absolute Gasteiger partial charge is 0.276 e. The maximum absolute atomic E-state index is 12.1. The van der Waals surface area contributed by atoms with Crippen molar-refractivity contribution in [3.05, 3.63) is 64.2 Å². The third kappa shape index (κ3) is 4.35. The number of hydrazine groups is 1. The molecule has 5 nitrogen and oxygen atoms in total. The zero-order valence-electron chi connectivity index (χ0n) is 14.4. The van der Waals surface area contributed by atoms with E-state index in [0.717, 1.165) is 22.3 Å². The second-order valence-corrected chi connectivity index (χ2v) is 5.83. The van der Waals surface area contributed by atoms with Gasteiger partial charge in [-0.25, -0.2) is 0 Å². The summed E-state index contributed by atoms with van der Waals surface area (Å²) in [5.74, 6) is -0.0861. The average Bonchev–Trinajstić information content (AvgIpc) is 2.52. The molecule has 2 amide bonds. The van der Waals surface area contributed by atoms with Gasteiger partial charge in [0.15, 0.2) is 6.61 Å². The average molecular weight is 326 g/mol. The second-order valence-electron chi connectivity index (χ2n) is 5.83. The quantitative estimate of drug-likeness (QED) is 0.849. The number of aryl methyl sites for hydroxylation is 4. The molecule has 2 rings (SSSR count). The summed E-state index contributed by atoms with van der Waals surface area (Å²) in [4.78, 5) is 24.0. The van der Waals surface area contributed by atoms with Gasteiger partial charge in [-0.15, -0.1) is 0 Å². The molecule has 0 aromatic heterocycles. The molecule has 2 aromatic carbocycles. The van der Waals surface area contributed by atoms with E-state index in [1.807, 2.05) is 58.0 Å². The van der Waals surface area contributed by atoms with Crippen LogP contribution in [0.15, 0.2) is 36.4 Å². The Balaban J connectivity index is 1.88. The maximum Gasteiger partial charge on any atom is 0.276 e. The Bertz CT molecular complexity index is 749. The van der Waals surface area contributed by atoms with E-state index in [4.69, 9.17) is 4.74 Å². The van der Waals surface area contributed by atoms with Gasteiger partial charge in [0, 0.05) is 5.56 Å². The molecule has 0 aliphatic rings. The number of rotatable bonds is 4. The number of hydrogen-bond donors (Lipinski definition) is 2. The topological polar surface area (TPSA) is 67.4 Å². The van der Waals surface area contributed by atoms with Crippen LogP contribution in [0.2, 0.25) is 0 Å². The predicted molar refractivity (Wildman–Crippen MR) is 92.9 cm³/mol. The number of amides is 2. The number of hydrogen-bond acceptors (Lipinski definition) is 3. The summed E-state index contributed by atoms with van der Waals surface area (Å²) in [5, 5.41) is 0. The fourth-order valence-electron chi connectivity index (χ4n) is 2.46. The van der Waals surface area contributed by atoms with Gasteiger partial charge in [0.1, 0.15) is 5.75 Å². The molecule has 0 saturated heterocycles. The number of benzene rings is 2. The zero-order valence-corrected chi connectivity index (χ0v) is 14.4. The molecule has 0 radical (unpaired) electrons. The largest absolute Gasteiger partial charge is 0.483 e. The van der Waals surface area contributed by atoms with Gasteiger partial charge in [-0.3, -0.25) is 20.4 Å². The standard InChI is InChI=1S/C19H22N2O3/c1-12-8-9-16(15(4)10-12)19(23)21-20-17(22)11-24-18-13(2)6-5-7-14(18)3/h5-10H,11H2,1-4H3,(H,20,22)(H,21,23). The van der Waals surface area contributed by atoms with Crippen LogP contribution in [-0.4, -0.2) is 18.4 Å². The van der Waals surface area contributed by atoms with Crippen LogP contribution in [0.3, 0.4) is 0 Å². The van der Waals surface area contributed by atoms with E-state index in [9.17, 15) is 9.59 Å². The molecule has 5 heteroatoms. The second kappa shape index (κ2) is 7.64. The van der Waals surface area contributed by atoms with Crippen molar-refractivity contribution in [1.29, 1.82) is 0 Å². The summed E-state index contributed by atoms with van der Waals surface area (Å²) in [6, 6.07) is 11.3. The normalized spacial score (nSPS) is 10.2. The highest BCUT2D eigenvalue weighted by molar-refractivity contribution is 5.96. The lowest BCUT2D eigenvalue weighted by Crippen LogP contribution is -2.44. The van der Waals surface area contributed by atoms with Crippen LogP contribution in [0.25, 0.3) is 0 Å². The van der Waals surface area contributed by atoms with E-state index >= 15 is 0 Å². The van der Waals surface area contributed by atoms with E-state index in [0.29, 0.717) is 11.3 Å². The van der Waals surface area contributed by atoms with Gasteiger partial charge in [-0.05, 0) is 50.5 Å². The fourth-order valence-corrected chi connectivity index (χ4v) is 2.46. The molecular formula is C19H22N2O3. The molecule has 24 heavy (non-hydrogen) atoms. The van der Waals surface area contributed by atoms with Crippen LogP contribution >= 0.6 is 0 Å². The number of nitrogens with one attached hydrogen (secondary N) is 2. The highest BCUT2D eigenvalue weighted by atomic mass is 16.5. The predicted octanol–water partition coefficient (Wildman–Crippen LogP) is 2.76. The Morgan fingerprint density at radius 1 is 0.917 bits per heavy atom. The summed E-state index contributed by atoms with van der Waals surface area (Å²) >= 11 is 0. The van der Waals surface area contributed by atoms with Crippen molar-refractivity contribution in [2.45, 2.75) is 27.7 Å². The minimum absolute atomic E-state index is 0.168. The highest BCUT2D eigenvalue weighted by Crippen LogP contribution is 2.21. The van der Waals surface area contributed by atoms with Gasteiger partial charge < -0.3 is 4.74 Å². The first kappa shape index (κ1) is 17.5. The van der Waals surface area contributed by atoms with Crippen LogP contribution < -0.4 is 15.6 Å². The maximum atomic E-state index is 12.1. The third-order valence-corrected chi connectivity index (χ3v) is 3.70. The van der Waals surface area contributed by atoms with Gasteiger partial charge in [0.25, 0.3) is 11.8 Å². The summed E-state index contributed by atoms with van der Waals surface area (Å²) in [5.41, 5.74) is 9.15. The van der Waals surface area contributed by atoms with E-state index in [1.165, 1.54) is 0 Å². The molecule has 126 valence electrons. The monoisotopic (exact) mass is 326 g/mol. The third-order valence-electron chi connectivity index (χ3n) is 3.70. The number of ether oxygens (including phenoxy) is 1. The van der Waals surface area contributed by atoms with E-state index in [2.05, 4.69) is 10.9 Å². The Kier molecular flexibility index (Phi) is 5.58. The van der Waals surface area contributed by atoms with Crippen LogP contribution in [0.4, 0.5) is 0 Å². The van der Waals surface area contributed by atoms with Crippen molar-refractivity contribution in [2.24, 2.45) is 0 Å². The Morgan fingerprint density at radius 2 is 1.58 bits per heavy atom. The van der Waals surface area contributed by atoms with Gasteiger partial charge >= 0.3 is 0 Å². The molecule has 0 heterocycles. The van der Waals surface area contributed by atoms with E-state index in [1.54, 1.807) is 6.07 Å². The molecule has 0 unspecified atom stereocenters. The first-order chi connectivity index (χ1) is 11.4. The van der Waals surface area contributed by atoms with Crippen molar-refractivity contribution >= 4 is 11.8 Å². The van der Waals surface area contributed by atoms with Crippen LogP contribution in [0.1, 0.15) is 32.6 Å². The summed E-state index contributed by atoms with van der Waals surface area (Å²) in [6.45, 7) is 7.48. The SMILES string of the molecule is Cc1ccc(C(=O)NNC(=O)COc2c(C)cccc2C)c(C)c1. The Morgan fingerprint density at radius 3 is 2.21 bits per heavy atom. The molecule has 2 aromatic rings. The van der Waals surface area contributed by atoms with Gasteiger partial charge in [0.2, 0.25) is 0 Å². The highest BCUT2D eigenvalue weighted by Gasteiger charge is 2.11. The van der Waals surface area contributed by atoms with Crippen LogP contribution in [0.5, 0.6) is 5.75 Å². The molecule has 2 N–H and O–H groups in total. The lowest BCUT2D eigenvalue weighted by Gasteiger charge is -2.13. The molecule has 0 spiro atoms. The van der Waals surface area contributed by atoms with E-state index < -0.39 is 5.91 Å². The first-order valence-electron chi connectivity index (χ1n) is 7.74. The number of carbonyl (C=O) groups excluding carboxylic acids is 2. The zero-order chi connectivity index (χ0) is 17.7. The molecule has 0 aliphatic heterocycles. The minimum atomic E-state index is -0.421. The van der Waals surface area contributed by atoms with Crippen LogP contribution in [-0.2, 0) is 4.79 Å². The Labute approximate surface area is 142 Å². The molecule has 0 saturated carbocycles. The Hall–Kier alpha value is -2.82. The number of para-hydroxylation sites is 1. The summed E-state index contributed by atoms with van der Waals surface area (Å²) in [7, 11) is 0. The van der Waals surface area contributed by atoms with Crippen molar-refractivity contribution in [1.82, 2.24) is 10.9 Å². The molecule has 0 fully saturated rings. The van der Waals surface area contributed by atoms with E-state index in [-0.39, 0.29) is 12.5 Å². The fraction of sp³-hybridized carbons (Fsp3) is 0.263. The lowest BCUT2D eigenvalue weighted by atomic mass is 10.1. The molecule has 0 bridgehead atoms. The van der Waals surface area contributed by atoms with Crippen molar-refractivity contribution in [2.75, 3.05) is 6.61 Å². The van der Waals surface area contributed by atoms with Crippen molar-refractivity contribution in [3.8, 4) is 5.75 Å². The summed E-state index contributed by atoms with van der Waals surface area (Å²) in [6.07, 6.45) is 0. The molecule has 0 atom stereocenters. The molecular weight excluding hydrogens is 304 g/mol. The van der Waals surface area contributed by atoms with Gasteiger partial charge in [-0.2, -0.15) is 0 Å². The van der Waals surface area contributed by atoms with Crippen molar-refractivity contribution < 1.29 is 14.3 Å². The molecule has 0 aliphatic carbocycles. The lowest BCUT2D eigenvalue weighted by molar-refractivity contribution is -0.123. The van der Waals surface area contributed by atoms with Crippen molar-refractivity contribution in [3.63, 3.8) is 0 Å². The first-order valence-corrected chi connectivity index (χ1v) is 7.74. The summed E-state index contributed by atoms with van der Waals surface area (Å²) < 4.78 is 5.54.